The van der Waals surface area contributed by atoms with Crippen LogP contribution >= 0.6 is 15.9 Å². The highest BCUT2D eigenvalue weighted by atomic mass is 79.9. The molecule has 0 spiro atoms. The third-order valence-corrected chi connectivity index (χ3v) is 3.35. The van der Waals surface area contributed by atoms with Crippen LogP contribution in [0.5, 0.6) is 5.75 Å². The Labute approximate surface area is 107 Å². The number of carbonyl (C=O) groups is 1. The second kappa shape index (κ2) is 6.10. The van der Waals surface area contributed by atoms with Gasteiger partial charge in [-0.25, -0.2) is 8.78 Å². The second-order valence-corrected chi connectivity index (χ2v) is 4.38. The summed E-state index contributed by atoms with van der Waals surface area (Å²) in [6.07, 6.45) is -2.63. The number of carbonyl (C=O) groups excluding carboxylic acids is 1. The molecule has 0 saturated carbocycles. The van der Waals surface area contributed by atoms with Crippen LogP contribution in [0.2, 0.25) is 0 Å². The first-order chi connectivity index (χ1) is 7.99. The summed E-state index contributed by atoms with van der Waals surface area (Å²) in [4.78, 5) is 10.6. The van der Waals surface area contributed by atoms with Crippen molar-refractivity contribution in [1.29, 1.82) is 0 Å². The number of benzene rings is 1. The van der Waals surface area contributed by atoms with Gasteiger partial charge in [0.2, 0.25) is 0 Å². The molecule has 0 heterocycles. The van der Waals surface area contributed by atoms with E-state index in [1.807, 2.05) is 0 Å². The molecule has 17 heavy (non-hydrogen) atoms. The Bertz CT molecular complexity index is 407. The van der Waals surface area contributed by atoms with E-state index in [1.165, 1.54) is 19.1 Å². The molecular formula is C12H13BrF2O2. The molecule has 1 atom stereocenters. The van der Waals surface area contributed by atoms with Gasteiger partial charge in [-0.05, 0) is 19.9 Å². The number of hydrogen-bond donors (Lipinski definition) is 0. The molecule has 0 aromatic heterocycles. The fraction of sp³-hybridized carbons (Fsp3) is 0.417. The van der Waals surface area contributed by atoms with Crippen molar-refractivity contribution in [3.8, 4) is 5.75 Å². The third kappa shape index (κ3) is 3.25. The minimum Gasteiger partial charge on any atom is -0.494 e. The molecule has 0 amide bonds. The van der Waals surface area contributed by atoms with Crippen LogP contribution in [-0.2, 0) is 4.79 Å². The Hall–Kier alpha value is -0.970. The van der Waals surface area contributed by atoms with Crippen LogP contribution in [0.25, 0.3) is 0 Å². The number of halogens is 3. The van der Waals surface area contributed by atoms with Gasteiger partial charge in [0.25, 0.3) is 6.43 Å². The average Bonchev–Trinajstić information content (AvgIpc) is 2.28. The molecule has 2 nitrogen and oxygen atoms in total. The minimum absolute atomic E-state index is 0.173. The van der Waals surface area contributed by atoms with Crippen molar-refractivity contribution in [2.45, 2.75) is 25.1 Å². The van der Waals surface area contributed by atoms with Crippen molar-refractivity contribution < 1.29 is 18.3 Å². The van der Waals surface area contributed by atoms with Crippen molar-refractivity contribution in [3.63, 3.8) is 0 Å². The molecule has 0 N–H and O–H groups in total. The van der Waals surface area contributed by atoms with Gasteiger partial charge < -0.3 is 4.74 Å². The molecule has 1 unspecified atom stereocenters. The molecule has 0 bridgehead atoms. The fourth-order valence-electron chi connectivity index (χ4n) is 1.51. The molecule has 0 radical (unpaired) electrons. The number of Topliss-reactive ketones (excluding diaryl/α,β-unsaturated/α-hetero) is 1. The highest BCUT2D eigenvalue weighted by Crippen LogP contribution is 2.38. The van der Waals surface area contributed by atoms with Crippen LogP contribution in [0.4, 0.5) is 8.78 Å². The van der Waals surface area contributed by atoms with Crippen LogP contribution in [0.15, 0.2) is 18.2 Å². The summed E-state index contributed by atoms with van der Waals surface area (Å²) in [5.74, 6) is 0.0847. The highest BCUT2D eigenvalue weighted by molar-refractivity contribution is 9.09. The van der Waals surface area contributed by atoms with Gasteiger partial charge in [0.15, 0.2) is 0 Å². The monoisotopic (exact) mass is 306 g/mol. The Morgan fingerprint density at radius 3 is 2.59 bits per heavy atom. The predicted octanol–water partition coefficient (Wildman–Crippen LogP) is 4.05. The lowest BCUT2D eigenvalue weighted by Crippen LogP contribution is -2.08. The largest absolute Gasteiger partial charge is 0.494 e. The molecule has 1 aromatic rings. The van der Waals surface area contributed by atoms with E-state index in [1.54, 1.807) is 13.0 Å². The second-order valence-electron chi connectivity index (χ2n) is 3.47. The van der Waals surface area contributed by atoms with Gasteiger partial charge in [0.1, 0.15) is 16.4 Å². The lowest BCUT2D eigenvalue weighted by molar-refractivity contribution is -0.116. The number of rotatable bonds is 5. The molecule has 1 aromatic carbocycles. The van der Waals surface area contributed by atoms with E-state index in [0.29, 0.717) is 12.4 Å². The maximum atomic E-state index is 12.9. The van der Waals surface area contributed by atoms with Gasteiger partial charge in [0.05, 0.1) is 6.61 Å². The number of ketones is 1. The highest BCUT2D eigenvalue weighted by Gasteiger charge is 2.25. The summed E-state index contributed by atoms with van der Waals surface area (Å²) < 4.78 is 31.1. The SMILES string of the molecule is CCOc1cccc(C(F)F)c1C(Br)C(C)=O. The zero-order chi connectivity index (χ0) is 13.0. The predicted molar refractivity (Wildman–Crippen MR) is 64.9 cm³/mol. The summed E-state index contributed by atoms with van der Waals surface area (Å²) in [5, 5.41) is 0. The zero-order valence-corrected chi connectivity index (χ0v) is 11.1. The van der Waals surface area contributed by atoms with E-state index in [9.17, 15) is 13.6 Å². The van der Waals surface area contributed by atoms with E-state index in [0.717, 1.165) is 0 Å². The molecule has 94 valence electrons. The summed E-state index contributed by atoms with van der Waals surface area (Å²) in [5.41, 5.74) is 0.0462. The van der Waals surface area contributed by atoms with Crippen LogP contribution in [0, 0.1) is 0 Å². The smallest absolute Gasteiger partial charge is 0.264 e. The first-order valence-corrected chi connectivity index (χ1v) is 6.08. The maximum absolute atomic E-state index is 12.9. The Balaban J connectivity index is 3.32. The minimum atomic E-state index is -2.63. The topological polar surface area (TPSA) is 26.3 Å². The quantitative estimate of drug-likeness (QED) is 0.767. The van der Waals surface area contributed by atoms with Gasteiger partial charge in [-0.1, -0.05) is 28.1 Å². The van der Waals surface area contributed by atoms with Crippen molar-refractivity contribution >= 4 is 21.7 Å². The van der Waals surface area contributed by atoms with E-state index in [2.05, 4.69) is 15.9 Å². The molecular weight excluding hydrogens is 294 g/mol. The lowest BCUT2D eigenvalue weighted by Gasteiger charge is -2.17. The zero-order valence-electron chi connectivity index (χ0n) is 9.54. The molecule has 5 heteroatoms. The van der Waals surface area contributed by atoms with Crippen LogP contribution in [-0.4, -0.2) is 12.4 Å². The molecule has 0 aliphatic rings. The van der Waals surface area contributed by atoms with Crippen molar-refractivity contribution in [1.82, 2.24) is 0 Å². The van der Waals surface area contributed by atoms with Crippen molar-refractivity contribution in [2.24, 2.45) is 0 Å². The summed E-state index contributed by atoms with van der Waals surface area (Å²) >= 11 is 3.13. The third-order valence-electron chi connectivity index (χ3n) is 2.25. The van der Waals surface area contributed by atoms with E-state index >= 15 is 0 Å². The molecule has 0 fully saturated rings. The molecule has 0 aliphatic carbocycles. The van der Waals surface area contributed by atoms with Crippen molar-refractivity contribution in [2.75, 3.05) is 6.61 Å². The Kier molecular flexibility index (Phi) is 5.05. The van der Waals surface area contributed by atoms with Crippen LogP contribution in [0.1, 0.15) is 36.2 Å². The standard InChI is InChI=1S/C12H13BrF2O2/c1-3-17-9-6-4-5-8(12(14)15)10(9)11(13)7(2)16/h4-6,11-12H,3H2,1-2H3. The summed E-state index contributed by atoms with van der Waals surface area (Å²) in [6, 6.07) is 4.39. The summed E-state index contributed by atoms with van der Waals surface area (Å²) in [7, 11) is 0. The fourth-order valence-corrected chi connectivity index (χ4v) is 2.00. The Morgan fingerprint density at radius 1 is 1.47 bits per heavy atom. The molecule has 0 saturated heterocycles. The van der Waals surface area contributed by atoms with Gasteiger partial charge in [-0.15, -0.1) is 0 Å². The van der Waals surface area contributed by atoms with Crippen molar-refractivity contribution in [3.05, 3.63) is 29.3 Å². The van der Waals surface area contributed by atoms with Gasteiger partial charge in [-0.2, -0.15) is 0 Å². The van der Waals surface area contributed by atoms with E-state index in [-0.39, 0.29) is 16.9 Å². The number of alkyl halides is 3. The molecule has 1 rings (SSSR count). The van der Waals surface area contributed by atoms with Gasteiger partial charge >= 0.3 is 0 Å². The maximum Gasteiger partial charge on any atom is 0.264 e. The lowest BCUT2D eigenvalue weighted by atomic mass is 10.0. The number of hydrogen-bond acceptors (Lipinski definition) is 2. The normalized spacial score (nSPS) is 12.6. The van der Waals surface area contributed by atoms with Gasteiger partial charge in [-0.3, -0.25) is 4.79 Å². The molecule has 0 aliphatic heterocycles. The van der Waals surface area contributed by atoms with E-state index in [4.69, 9.17) is 4.74 Å². The summed E-state index contributed by atoms with van der Waals surface area (Å²) in [6.45, 7) is 3.46. The van der Waals surface area contributed by atoms with Gasteiger partial charge in [0, 0.05) is 11.1 Å². The first-order valence-electron chi connectivity index (χ1n) is 5.17. The van der Waals surface area contributed by atoms with Crippen LogP contribution < -0.4 is 4.74 Å². The Morgan fingerprint density at radius 2 is 2.12 bits per heavy atom. The average molecular weight is 307 g/mol. The van der Waals surface area contributed by atoms with Crippen LogP contribution in [0.3, 0.4) is 0 Å². The van der Waals surface area contributed by atoms with E-state index < -0.39 is 11.3 Å². The first kappa shape index (κ1) is 14.1. The number of ether oxygens (including phenoxy) is 1.